The van der Waals surface area contributed by atoms with Crippen LogP contribution in [0.2, 0.25) is 0 Å². The standard InChI is InChI=1S/C13H25NS/c1-11(13-6-7-13)14-8-9-15-10-12-4-2-3-5-12/h11-14H,2-10H2,1H3. The average Bonchev–Trinajstić information content (AvgIpc) is 2.97. The van der Waals surface area contributed by atoms with Crippen molar-refractivity contribution < 1.29 is 0 Å². The zero-order valence-corrected chi connectivity index (χ0v) is 10.8. The topological polar surface area (TPSA) is 12.0 Å². The van der Waals surface area contributed by atoms with Crippen molar-refractivity contribution in [3.8, 4) is 0 Å². The third kappa shape index (κ3) is 4.36. The van der Waals surface area contributed by atoms with Crippen molar-refractivity contribution in [3.05, 3.63) is 0 Å². The lowest BCUT2D eigenvalue weighted by atomic mass is 10.1. The van der Waals surface area contributed by atoms with E-state index in [2.05, 4.69) is 24.0 Å². The minimum atomic E-state index is 0.775. The maximum absolute atomic E-state index is 3.65. The van der Waals surface area contributed by atoms with Gasteiger partial charge in [0.1, 0.15) is 0 Å². The van der Waals surface area contributed by atoms with E-state index in [-0.39, 0.29) is 0 Å². The molecule has 88 valence electrons. The Morgan fingerprint density at radius 1 is 1.20 bits per heavy atom. The van der Waals surface area contributed by atoms with E-state index in [4.69, 9.17) is 0 Å². The van der Waals surface area contributed by atoms with Crippen molar-refractivity contribution in [2.45, 2.75) is 51.5 Å². The van der Waals surface area contributed by atoms with Gasteiger partial charge >= 0.3 is 0 Å². The van der Waals surface area contributed by atoms with Crippen LogP contribution in [0.3, 0.4) is 0 Å². The summed E-state index contributed by atoms with van der Waals surface area (Å²) >= 11 is 2.16. The predicted octanol–water partition coefficient (Wildman–Crippen LogP) is 3.30. The van der Waals surface area contributed by atoms with E-state index in [1.165, 1.54) is 56.6 Å². The van der Waals surface area contributed by atoms with Gasteiger partial charge in [-0.3, -0.25) is 0 Å². The number of hydrogen-bond acceptors (Lipinski definition) is 2. The molecular formula is C13H25NS. The van der Waals surface area contributed by atoms with Crippen molar-refractivity contribution in [1.82, 2.24) is 5.32 Å². The molecule has 0 aromatic carbocycles. The fraction of sp³-hybridized carbons (Fsp3) is 1.00. The summed E-state index contributed by atoms with van der Waals surface area (Å²) in [5.41, 5.74) is 0. The van der Waals surface area contributed by atoms with Gasteiger partial charge in [-0.15, -0.1) is 0 Å². The second-order valence-corrected chi connectivity index (χ2v) is 6.46. The third-order valence-electron chi connectivity index (χ3n) is 3.87. The van der Waals surface area contributed by atoms with Gasteiger partial charge in [0, 0.05) is 18.3 Å². The zero-order valence-electron chi connectivity index (χ0n) is 10.0. The monoisotopic (exact) mass is 227 g/mol. The molecule has 0 amide bonds. The smallest absolute Gasteiger partial charge is 0.00673 e. The van der Waals surface area contributed by atoms with Gasteiger partial charge in [-0.1, -0.05) is 12.8 Å². The van der Waals surface area contributed by atoms with Gasteiger partial charge in [0.2, 0.25) is 0 Å². The van der Waals surface area contributed by atoms with Gasteiger partial charge in [-0.2, -0.15) is 11.8 Å². The van der Waals surface area contributed by atoms with Crippen molar-refractivity contribution in [2.75, 3.05) is 18.1 Å². The molecule has 0 aromatic heterocycles. The molecule has 2 fully saturated rings. The highest BCUT2D eigenvalue weighted by molar-refractivity contribution is 7.99. The van der Waals surface area contributed by atoms with Crippen LogP contribution in [0.15, 0.2) is 0 Å². The van der Waals surface area contributed by atoms with E-state index in [9.17, 15) is 0 Å². The predicted molar refractivity (Wildman–Crippen MR) is 69.5 cm³/mol. The minimum Gasteiger partial charge on any atom is -0.313 e. The lowest BCUT2D eigenvalue weighted by Crippen LogP contribution is -2.29. The molecule has 0 aliphatic heterocycles. The minimum absolute atomic E-state index is 0.775. The first-order chi connectivity index (χ1) is 7.36. The summed E-state index contributed by atoms with van der Waals surface area (Å²) in [4.78, 5) is 0. The van der Waals surface area contributed by atoms with E-state index < -0.39 is 0 Å². The Labute approximate surface area is 98.8 Å². The highest BCUT2D eigenvalue weighted by Crippen LogP contribution is 2.32. The number of thioether (sulfide) groups is 1. The van der Waals surface area contributed by atoms with Crippen molar-refractivity contribution >= 4 is 11.8 Å². The van der Waals surface area contributed by atoms with E-state index in [1.54, 1.807) is 0 Å². The molecule has 2 heteroatoms. The number of rotatable bonds is 7. The highest BCUT2D eigenvalue weighted by atomic mass is 32.2. The van der Waals surface area contributed by atoms with Gasteiger partial charge in [0.15, 0.2) is 0 Å². The largest absolute Gasteiger partial charge is 0.313 e. The molecule has 1 atom stereocenters. The highest BCUT2D eigenvalue weighted by Gasteiger charge is 2.27. The van der Waals surface area contributed by atoms with Crippen molar-refractivity contribution in [1.29, 1.82) is 0 Å². The summed E-state index contributed by atoms with van der Waals surface area (Å²) in [5.74, 6) is 4.79. The lowest BCUT2D eigenvalue weighted by Gasteiger charge is -2.13. The lowest BCUT2D eigenvalue weighted by molar-refractivity contribution is 0.514. The molecule has 2 aliphatic rings. The van der Waals surface area contributed by atoms with Crippen LogP contribution in [0.4, 0.5) is 0 Å². The molecule has 1 nitrogen and oxygen atoms in total. The summed E-state index contributed by atoms with van der Waals surface area (Å²) in [6.07, 6.45) is 8.90. The maximum atomic E-state index is 3.65. The van der Waals surface area contributed by atoms with Gasteiger partial charge in [0.05, 0.1) is 0 Å². The summed E-state index contributed by atoms with van der Waals surface area (Å²) in [7, 11) is 0. The van der Waals surface area contributed by atoms with E-state index >= 15 is 0 Å². The molecule has 2 saturated carbocycles. The van der Waals surface area contributed by atoms with Crippen LogP contribution >= 0.6 is 11.8 Å². The molecule has 0 aromatic rings. The Hall–Kier alpha value is 0.310. The first kappa shape index (κ1) is 11.8. The van der Waals surface area contributed by atoms with Crippen LogP contribution < -0.4 is 5.32 Å². The number of nitrogens with one attached hydrogen (secondary N) is 1. The van der Waals surface area contributed by atoms with Gasteiger partial charge in [-0.05, 0) is 50.2 Å². The molecule has 0 radical (unpaired) electrons. The quantitative estimate of drug-likeness (QED) is 0.670. The first-order valence-electron chi connectivity index (χ1n) is 6.67. The molecule has 0 spiro atoms. The Kier molecular flexibility index (Phi) is 4.83. The van der Waals surface area contributed by atoms with Crippen LogP contribution in [-0.2, 0) is 0 Å². The summed E-state index contributed by atoms with van der Waals surface area (Å²) in [6, 6.07) is 0.775. The number of hydrogen-bond donors (Lipinski definition) is 1. The third-order valence-corrected chi connectivity index (χ3v) is 5.07. The Balaban J connectivity index is 1.41. The van der Waals surface area contributed by atoms with Crippen LogP contribution in [-0.4, -0.2) is 24.1 Å². The molecule has 15 heavy (non-hydrogen) atoms. The fourth-order valence-corrected chi connectivity index (χ4v) is 3.64. The normalized spacial score (nSPS) is 24.6. The van der Waals surface area contributed by atoms with E-state index in [1.807, 2.05) is 0 Å². The van der Waals surface area contributed by atoms with Gasteiger partial charge in [0.25, 0.3) is 0 Å². The van der Waals surface area contributed by atoms with Gasteiger partial charge < -0.3 is 5.32 Å². The summed E-state index contributed by atoms with van der Waals surface area (Å²) in [5, 5.41) is 3.65. The fourth-order valence-electron chi connectivity index (χ4n) is 2.55. The van der Waals surface area contributed by atoms with Crippen LogP contribution in [0.5, 0.6) is 0 Å². The second-order valence-electron chi connectivity index (χ2n) is 5.31. The van der Waals surface area contributed by atoms with Crippen LogP contribution in [0, 0.1) is 11.8 Å². The SMILES string of the molecule is CC(NCCSCC1CCCC1)C1CC1. The molecular weight excluding hydrogens is 202 g/mol. The summed E-state index contributed by atoms with van der Waals surface area (Å²) < 4.78 is 0. The van der Waals surface area contributed by atoms with E-state index in [0.29, 0.717) is 0 Å². The van der Waals surface area contributed by atoms with Crippen LogP contribution in [0.25, 0.3) is 0 Å². The Morgan fingerprint density at radius 2 is 1.93 bits per heavy atom. The van der Waals surface area contributed by atoms with E-state index in [0.717, 1.165) is 17.9 Å². The molecule has 0 bridgehead atoms. The maximum Gasteiger partial charge on any atom is 0.00673 e. The molecule has 0 heterocycles. The zero-order chi connectivity index (χ0) is 10.5. The second kappa shape index (κ2) is 6.15. The van der Waals surface area contributed by atoms with Crippen LogP contribution in [0.1, 0.15) is 45.4 Å². The van der Waals surface area contributed by atoms with Gasteiger partial charge in [-0.25, -0.2) is 0 Å². The molecule has 1 unspecified atom stereocenters. The Bertz CT molecular complexity index is 169. The average molecular weight is 227 g/mol. The molecule has 2 aliphatic carbocycles. The first-order valence-corrected chi connectivity index (χ1v) is 7.83. The summed E-state index contributed by atoms with van der Waals surface area (Å²) in [6.45, 7) is 3.56. The molecule has 2 rings (SSSR count). The molecule has 1 N–H and O–H groups in total. The van der Waals surface area contributed by atoms with Crippen molar-refractivity contribution in [3.63, 3.8) is 0 Å². The van der Waals surface area contributed by atoms with Crippen molar-refractivity contribution in [2.24, 2.45) is 11.8 Å². The molecule has 0 saturated heterocycles. The Morgan fingerprint density at radius 3 is 2.60 bits per heavy atom.